The van der Waals surface area contributed by atoms with Gasteiger partial charge < -0.3 is 5.11 Å². The molecule has 0 radical (unpaired) electrons. The lowest BCUT2D eigenvalue weighted by atomic mass is 10.2. The summed E-state index contributed by atoms with van der Waals surface area (Å²) in [5, 5.41) is 21.4. The van der Waals surface area contributed by atoms with Crippen LogP contribution in [-0.4, -0.2) is 55.8 Å². The molecule has 0 amide bonds. The standard InChI is InChI=1S/C16H23N5O2.ClH/c1-13(16(22)23)20(2)11-7-4-8-12-21-18-15(17-19-21)14-9-5-3-6-10-14;/h3,5-6,9-10,13H,4,7-8,11-12H2,1-2H3,(H,22,23);1H. The first-order chi connectivity index (χ1) is 11.1. The Morgan fingerprint density at radius 1 is 1.25 bits per heavy atom. The first-order valence-electron chi connectivity index (χ1n) is 7.84. The highest BCUT2D eigenvalue weighted by atomic mass is 35.5. The predicted octanol–water partition coefficient (Wildman–Crippen LogP) is 2.34. The van der Waals surface area contributed by atoms with Gasteiger partial charge in [0.2, 0.25) is 5.82 Å². The van der Waals surface area contributed by atoms with Gasteiger partial charge in [-0.15, -0.1) is 22.6 Å². The summed E-state index contributed by atoms with van der Waals surface area (Å²) < 4.78 is 0. The minimum Gasteiger partial charge on any atom is -0.480 e. The largest absolute Gasteiger partial charge is 0.480 e. The summed E-state index contributed by atoms with van der Waals surface area (Å²) in [6.45, 7) is 3.19. The topological polar surface area (TPSA) is 84.1 Å². The normalized spacial score (nSPS) is 12.0. The minimum atomic E-state index is -0.784. The number of halogens is 1. The van der Waals surface area contributed by atoms with Crippen molar-refractivity contribution in [3.63, 3.8) is 0 Å². The van der Waals surface area contributed by atoms with Crippen molar-refractivity contribution in [2.24, 2.45) is 0 Å². The van der Waals surface area contributed by atoms with Gasteiger partial charge in [-0.1, -0.05) is 36.8 Å². The van der Waals surface area contributed by atoms with Crippen LogP contribution in [0.1, 0.15) is 26.2 Å². The summed E-state index contributed by atoms with van der Waals surface area (Å²) in [6.07, 6.45) is 2.90. The predicted molar refractivity (Wildman–Crippen MR) is 94.1 cm³/mol. The van der Waals surface area contributed by atoms with E-state index in [1.54, 1.807) is 11.7 Å². The maximum atomic E-state index is 10.9. The van der Waals surface area contributed by atoms with Gasteiger partial charge in [0.05, 0.1) is 6.54 Å². The van der Waals surface area contributed by atoms with E-state index in [4.69, 9.17) is 5.11 Å². The average Bonchev–Trinajstić information content (AvgIpc) is 3.03. The molecule has 0 aliphatic carbocycles. The number of carbonyl (C=O) groups is 1. The molecule has 0 bridgehead atoms. The van der Waals surface area contributed by atoms with Crippen LogP contribution in [0.2, 0.25) is 0 Å². The molecule has 8 heteroatoms. The van der Waals surface area contributed by atoms with Gasteiger partial charge in [-0.25, -0.2) is 0 Å². The molecule has 0 aliphatic rings. The van der Waals surface area contributed by atoms with Crippen LogP contribution >= 0.6 is 12.4 Å². The Morgan fingerprint density at radius 2 is 1.96 bits per heavy atom. The second kappa shape index (κ2) is 10.00. The fourth-order valence-electron chi connectivity index (χ4n) is 2.21. The van der Waals surface area contributed by atoms with E-state index < -0.39 is 12.0 Å². The summed E-state index contributed by atoms with van der Waals surface area (Å²) in [7, 11) is 1.84. The third-order valence-corrected chi connectivity index (χ3v) is 3.87. The summed E-state index contributed by atoms with van der Waals surface area (Å²) >= 11 is 0. The number of unbranched alkanes of at least 4 members (excludes halogenated alkanes) is 2. The minimum absolute atomic E-state index is 0. The average molecular weight is 354 g/mol. The summed E-state index contributed by atoms with van der Waals surface area (Å²) in [6, 6.07) is 9.33. The fraction of sp³-hybridized carbons (Fsp3) is 0.500. The number of aryl methyl sites for hydroxylation is 1. The van der Waals surface area contributed by atoms with Gasteiger partial charge in [0.1, 0.15) is 6.04 Å². The molecule has 1 unspecified atom stereocenters. The Labute approximate surface area is 148 Å². The van der Waals surface area contributed by atoms with E-state index in [0.29, 0.717) is 5.82 Å². The van der Waals surface area contributed by atoms with E-state index in [9.17, 15) is 4.79 Å². The maximum absolute atomic E-state index is 10.9. The Balaban J connectivity index is 0.00000288. The molecular formula is C16H24ClN5O2. The van der Waals surface area contributed by atoms with E-state index in [-0.39, 0.29) is 12.4 Å². The Kier molecular flexibility index (Phi) is 8.35. The molecule has 0 spiro atoms. The second-order valence-electron chi connectivity index (χ2n) is 5.63. The quantitative estimate of drug-likeness (QED) is 0.696. The van der Waals surface area contributed by atoms with Gasteiger partial charge in [-0.2, -0.15) is 4.80 Å². The van der Waals surface area contributed by atoms with Crippen LogP contribution in [0.25, 0.3) is 11.4 Å². The molecular weight excluding hydrogens is 330 g/mol. The molecule has 0 fully saturated rings. The van der Waals surface area contributed by atoms with Gasteiger partial charge >= 0.3 is 5.97 Å². The first-order valence-corrected chi connectivity index (χ1v) is 7.84. The molecule has 0 aliphatic heterocycles. The van der Waals surface area contributed by atoms with Crippen LogP contribution in [0.4, 0.5) is 0 Å². The lowest BCUT2D eigenvalue weighted by Crippen LogP contribution is -2.36. The van der Waals surface area contributed by atoms with Crippen molar-refractivity contribution >= 4 is 18.4 Å². The monoisotopic (exact) mass is 353 g/mol. The van der Waals surface area contributed by atoms with Crippen LogP contribution in [0, 0.1) is 0 Å². The zero-order valence-electron chi connectivity index (χ0n) is 14.0. The number of rotatable bonds is 9. The molecule has 2 aromatic rings. The van der Waals surface area contributed by atoms with E-state index in [1.165, 1.54) is 0 Å². The number of aliphatic carboxylic acids is 1. The van der Waals surface area contributed by atoms with E-state index in [1.807, 2.05) is 42.3 Å². The van der Waals surface area contributed by atoms with Crippen molar-refractivity contribution in [1.29, 1.82) is 0 Å². The zero-order valence-corrected chi connectivity index (χ0v) is 14.8. The number of hydrogen-bond acceptors (Lipinski definition) is 5. The van der Waals surface area contributed by atoms with E-state index >= 15 is 0 Å². The number of nitrogens with zero attached hydrogens (tertiary/aromatic N) is 5. The van der Waals surface area contributed by atoms with E-state index in [0.717, 1.165) is 37.9 Å². The van der Waals surface area contributed by atoms with Crippen molar-refractivity contribution in [2.75, 3.05) is 13.6 Å². The number of carboxylic acids is 1. The van der Waals surface area contributed by atoms with Crippen molar-refractivity contribution in [1.82, 2.24) is 25.1 Å². The maximum Gasteiger partial charge on any atom is 0.320 e. The Morgan fingerprint density at radius 3 is 2.62 bits per heavy atom. The molecule has 1 atom stereocenters. The fourth-order valence-corrected chi connectivity index (χ4v) is 2.21. The Hall–Kier alpha value is -1.99. The first kappa shape index (κ1) is 20.1. The second-order valence-corrected chi connectivity index (χ2v) is 5.63. The van der Waals surface area contributed by atoms with Crippen molar-refractivity contribution in [2.45, 2.75) is 38.8 Å². The molecule has 1 N–H and O–H groups in total. The SMILES string of the molecule is CC(C(=O)O)N(C)CCCCCn1nnc(-c2ccccc2)n1.Cl. The van der Waals surface area contributed by atoms with Crippen molar-refractivity contribution < 1.29 is 9.90 Å². The number of tetrazole rings is 1. The molecule has 2 rings (SSSR count). The van der Waals surface area contributed by atoms with Crippen molar-refractivity contribution in [3.05, 3.63) is 30.3 Å². The van der Waals surface area contributed by atoms with Gasteiger partial charge in [-0.3, -0.25) is 9.69 Å². The lowest BCUT2D eigenvalue weighted by Gasteiger charge is -2.20. The van der Waals surface area contributed by atoms with Gasteiger partial charge in [0.15, 0.2) is 0 Å². The molecule has 1 aromatic heterocycles. The number of benzene rings is 1. The highest BCUT2D eigenvalue weighted by molar-refractivity contribution is 5.85. The van der Waals surface area contributed by atoms with Crippen LogP contribution in [0.15, 0.2) is 30.3 Å². The van der Waals surface area contributed by atoms with Crippen molar-refractivity contribution in [3.8, 4) is 11.4 Å². The van der Waals surface area contributed by atoms with Crippen LogP contribution in [0.5, 0.6) is 0 Å². The third kappa shape index (κ3) is 5.90. The zero-order chi connectivity index (χ0) is 16.7. The molecule has 132 valence electrons. The molecule has 24 heavy (non-hydrogen) atoms. The third-order valence-electron chi connectivity index (χ3n) is 3.87. The lowest BCUT2D eigenvalue weighted by molar-refractivity contribution is -0.142. The van der Waals surface area contributed by atoms with Gasteiger partial charge in [-0.05, 0) is 38.6 Å². The number of hydrogen-bond donors (Lipinski definition) is 1. The summed E-state index contributed by atoms with van der Waals surface area (Å²) in [5.41, 5.74) is 0.961. The molecule has 0 saturated carbocycles. The molecule has 0 saturated heterocycles. The summed E-state index contributed by atoms with van der Waals surface area (Å²) in [4.78, 5) is 14.3. The van der Waals surface area contributed by atoms with Gasteiger partial charge in [0.25, 0.3) is 0 Å². The number of likely N-dealkylation sites (N-methyl/N-ethyl adjacent to an activating group) is 1. The number of aromatic nitrogens is 4. The van der Waals surface area contributed by atoms with Crippen LogP contribution < -0.4 is 0 Å². The highest BCUT2D eigenvalue weighted by Gasteiger charge is 2.15. The molecule has 7 nitrogen and oxygen atoms in total. The highest BCUT2D eigenvalue weighted by Crippen LogP contribution is 2.12. The summed E-state index contributed by atoms with van der Waals surface area (Å²) in [5.74, 6) is -0.145. The number of carboxylic acid groups (broad SMARTS) is 1. The Bertz CT molecular complexity index is 620. The molecule has 1 aromatic carbocycles. The molecule has 1 heterocycles. The smallest absolute Gasteiger partial charge is 0.320 e. The van der Waals surface area contributed by atoms with E-state index in [2.05, 4.69) is 15.4 Å². The van der Waals surface area contributed by atoms with Crippen LogP contribution in [-0.2, 0) is 11.3 Å². The van der Waals surface area contributed by atoms with Gasteiger partial charge in [0, 0.05) is 5.56 Å². The van der Waals surface area contributed by atoms with Crippen LogP contribution in [0.3, 0.4) is 0 Å².